The van der Waals surface area contributed by atoms with Crippen molar-refractivity contribution in [1.29, 1.82) is 0 Å². The fourth-order valence-electron chi connectivity index (χ4n) is 3.98. The molecule has 3 rings (SSSR count). The molecule has 2 N–H and O–H groups in total. The molecule has 0 saturated heterocycles. The van der Waals surface area contributed by atoms with Gasteiger partial charge in [-0.25, -0.2) is 12.7 Å². The number of hydrogen-bond acceptors (Lipinski definition) is 5. The number of hydrogen-bond donors (Lipinski definition) is 1. The molecule has 1 aliphatic carbocycles. The SMILES string of the molecule is CCOC1CC(N)(C(=O)N2CCc3ccc(S(=O)(=O)N(C)C)cc32)C1(C)C.Cl. The minimum Gasteiger partial charge on any atom is -0.378 e. The Balaban J connectivity index is 0.00000280. The van der Waals surface area contributed by atoms with Crippen molar-refractivity contribution in [3.63, 3.8) is 0 Å². The van der Waals surface area contributed by atoms with Crippen LogP contribution in [0.15, 0.2) is 23.1 Å². The minimum absolute atomic E-state index is 0. The van der Waals surface area contributed by atoms with Crippen LogP contribution in [0.2, 0.25) is 0 Å². The molecule has 0 radical (unpaired) electrons. The number of benzene rings is 1. The van der Waals surface area contributed by atoms with Gasteiger partial charge in [0.15, 0.2) is 0 Å². The molecule has 1 heterocycles. The topological polar surface area (TPSA) is 92.9 Å². The first-order valence-corrected chi connectivity index (χ1v) is 10.7. The Labute approximate surface area is 173 Å². The average Bonchev–Trinajstić information content (AvgIpc) is 3.03. The number of ether oxygens (including phenoxy) is 1. The molecule has 7 nitrogen and oxygen atoms in total. The summed E-state index contributed by atoms with van der Waals surface area (Å²) in [6, 6.07) is 4.97. The fraction of sp³-hybridized carbons (Fsp3) is 0.632. The molecule has 1 aromatic rings. The normalized spacial score (nSPS) is 25.8. The van der Waals surface area contributed by atoms with Crippen LogP contribution in [0.1, 0.15) is 32.8 Å². The van der Waals surface area contributed by atoms with Gasteiger partial charge in [0.25, 0.3) is 0 Å². The van der Waals surface area contributed by atoms with Gasteiger partial charge in [0.1, 0.15) is 5.54 Å². The van der Waals surface area contributed by atoms with Crippen LogP contribution in [0.25, 0.3) is 0 Å². The van der Waals surface area contributed by atoms with Crippen molar-refractivity contribution < 1.29 is 17.9 Å². The Morgan fingerprint density at radius 2 is 2.00 bits per heavy atom. The highest BCUT2D eigenvalue weighted by Crippen LogP contribution is 2.51. The second-order valence-electron chi connectivity index (χ2n) is 8.13. The Bertz CT molecular complexity index is 872. The van der Waals surface area contributed by atoms with Gasteiger partial charge in [-0.05, 0) is 31.0 Å². The van der Waals surface area contributed by atoms with E-state index >= 15 is 0 Å². The molecule has 2 atom stereocenters. The molecule has 28 heavy (non-hydrogen) atoms. The van der Waals surface area contributed by atoms with Gasteiger partial charge >= 0.3 is 0 Å². The van der Waals surface area contributed by atoms with Crippen LogP contribution in [0.3, 0.4) is 0 Å². The molecule has 2 aliphatic rings. The van der Waals surface area contributed by atoms with Gasteiger partial charge in [0.2, 0.25) is 15.9 Å². The van der Waals surface area contributed by atoms with Crippen molar-refractivity contribution in [3.8, 4) is 0 Å². The van der Waals surface area contributed by atoms with E-state index in [1.54, 1.807) is 23.1 Å². The van der Waals surface area contributed by atoms with Gasteiger partial charge < -0.3 is 15.4 Å². The van der Waals surface area contributed by atoms with Crippen molar-refractivity contribution in [3.05, 3.63) is 23.8 Å². The zero-order chi connectivity index (χ0) is 20.2. The number of halogens is 1. The third kappa shape index (κ3) is 3.25. The second-order valence-corrected chi connectivity index (χ2v) is 10.3. The van der Waals surface area contributed by atoms with E-state index in [9.17, 15) is 13.2 Å². The van der Waals surface area contributed by atoms with Crippen LogP contribution in [-0.4, -0.2) is 57.5 Å². The molecule has 1 aliphatic heterocycles. The summed E-state index contributed by atoms with van der Waals surface area (Å²) in [5.41, 5.74) is 6.65. The number of amides is 1. The number of nitrogens with zero attached hydrogens (tertiary/aromatic N) is 2. The number of sulfonamides is 1. The molecule has 2 unspecified atom stereocenters. The lowest BCUT2D eigenvalue weighted by Crippen LogP contribution is -2.76. The first-order valence-electron chi connectivity index (χ1n) is 9.24. The van der Waals surface area contributed by atoms with Crippen molar-refractivity contribution in [2.75, 3.05) is 32.1 Å². The zero-order valence-corrected chi connectivity index (χ0v) is 18.7. The molecule has 1 aromatic carbocycles. The van der Waals surface area contributed by atoms with Crippen molar-refractivity contribution in [2.45, 2.75) is 50.2 Å². The monoisotopic (exact) mass is 431 g/mol. The first kappa shape index (κ1) is 23.1. The molecule has 9 heteroatoms. The number of anilines is 1. The third-order valence-electron chi connectivity index (χ3n) is 6.19. The van der Waals surface area contributed by atoms with E-state index in [1.165, 1.54) is 18.4 Å². The van der Waals surface area contributed by atoms with Gasteiger partial charge in [-0.1, -0.05) is 19.9 Å². The van der Waals surface area contributed by atoms with E-state index in [2.05, 4.69) is 0 Å². The molecular weight excluding hydrogens is 402 g/mol. The number of nitrogens with two attached hydrogens (primary N) is 1. The Kier molecular flexibility index (Phi) is 6.24. The third-order valence-corrected chi connectivity index (χ3v) is 8.00. The van der Waals surface area contributed by atoms with E-state index in [4.69, 9.17) is 10.5 Å². The largest absolute Gasteiger partial charge is 0.378 e. The summed E-state index contributed by atoms with van der Waals surface area (Å²) >= 11 is 0. The Morgan fingerprint density at radius 1 is 1.36 bits per heavy atom. The summed E-state index contributed by atoms with van der Waals surface area (Å²) in [5, 5.41) is 0. The lowest BCUT2D eigenvalue weighted by Gasteiger charge is -2.58. The number of carbonyl (C=O) groups is 1. The molecule has 0 spiro atoms. The van der Waals surface area contributed by atoms with Gasteiger partial charge in [-0.3, -0.25) is 4.79 Å². The smallest absolute Gasteiger partial charge is 0.247 e. The standard InChI is InChI=1S/C19H29N3O4S.ClH/c1-6-26-16-12-19(20,18(16,2)3)17(23)22-10-9-13-7-8-14(11-15(13)22)27(24,25)21(4)5;/h7-8,11,16H,6,9-10,12,20H2,1-5H3;1H. The van der Waals surface area contributed by atoms with Gasteiger partial charge in [-0.2, -0.15) is 0 Å². The quantitative estimate of drug-likeness (QED) is 0.767. The number of carbonyl (C=O) groups excluding carboxylic acids is 1. The maximum Gasteiger partial charge on any atom is 0.247 e. The predicted molar refractivity (Wildman–Crippen MR) is 111 cm³/mol. The average molecular weight is 432 g/mol. The molecule has 1 amide bonds. The lowest BCUT2D eigenvalue weighted by atomic mass is 9.54. The van der Waals surface area contributed by atoms with Crippen molar-refractivity contribution in [1.82, 2.24) is 4.31 Å². The molecule has 1 fully saturated rings. The highest BCUT2D eigenvalue weighted by molar-refractivity contribution is 7.89. The predicted octanol–water partition coefficient (Wildman–Crippen LogP) is 1.78. The molecule has 0 bridgehead atoms. The van der Waals surface area contributed by atoms with E-state index < -0.39 is 21.0 Å². The first-order chi connectivity index (χ1) is 12.5. The summed E-state index contributed by atoms with van der Waals surface area (Å²) in [6.45, 7) is 6.93. The van der Waals surface area contributed by atoms with Crippen LogP contribution in [-0.2, 0) is 26.0 Å². The fourth-order valence-corrected chi connectivity index (χ4v) is 4.90. The number of fused-ring (bicyclic) bond motifs is 1. The van der Waals surface area contributed by atoms with Gasteiger partial charge in [0.05, 0.1) is 11.0 Å². The van der Waals surface area contributed by atoms with E-state index in [-0.39, 0.29) is 29.3 Å². The number of rotatable bonds is 5. The summed E-state index contributed by atoms with van der Waals surface area (Å²) in [7, 11) is -0.587. The summed E-state index contributed by atoms with van der Waals surface area (Å²) in [5.74, 6) is -0.165. The van der Waals surface area contributed by atoms with Crippen molar-refractivity contribution in [2.24, 2.45) is 11.1 Å². The summed E-state index contributed by atoms with van der Waals surface area (Å²) in [4.78, 5) is 15.2. The highest BCUT2D eigenvalue weighted by atomic mass is 35.5. The van der Waals surface area contributed by atoms with Gasteiger partial charge in [0, 0.05) is 44.8 Å². The Morgan fingerprint density at radius 3 is 2.54 bits per heavy atom. The minimum atomic E-state index is -3.57. The van der Waals surface area contributed by atoms with E-state index in [0.717, 1.165) is 5.56 Å². The van der Waals surface area contributed by atoms with E-state index in [0.29, 0.717) is 31.7 Å². The summed E-state index contributed by atoms with van der Waals surface area (Å²) < 4.78 is 31.8. The maximum absolute atomic E-state index is 13.4. The van der Waals surface area contributed by atoms with Crippen LogP contribution >= 0.6 is 12.4 Å². The van der Waals surface area contributed by atoms with Gasteiger partial charge in [-0.15, -0.1) is 12.4 Å². The Hall–Kier alpha value is -1.19. The molecule has 1 saturated carbocycles. The second kappa shape index (κ2) is 7.57. The van der Waals surface area contributed by atoms with Crippen LogP contribution in [0, 0.1) is 5.41 Å². The molecule has 0 aromatic heterocycles. The lowest BCUT2D eigenvalue weighted by molar-refractivity contribution is -0.168. The van der Waals surface area contributed by atoms with Crippen LogP contribution in [0.5, 0.6) is 0 Å². The molecule has 158 valence electrons. The highest BCUT2D eigenvalue weighted by Gasteiger charge is 2.64. The van der Waals surface area contributed by atoms with Crippen molar-refractivity contribution >= 4 is 34.0 Å². The van der Waals surface area contributed by atoms with E-state index in [1.807, 2.05) is 20.8 Å². The molecular formula is C19H30ClN3O4S. The zero-order valence-electron chi connectivity index (χ0n) is 17.1. The van der Waals surface area contributed by atoms with Crippen LogP contribution < -0.4 is 10.6 Å². The van der Waals surface area contributed by atoms with Crippen LogP contribution in [0.4, 0.5) is 5.69 Å². The summed E-state index contributed by atoms with van der Waals surface area (Å²) in [6.07, 6.45) is 1.10. The maximum atomic E-state index is 13.4.